The highest BCUT2D eigenvalue weighted by molar-refractivity contribution is 6.21. The van der Waals surface area contributed by atoms with Gasteiger partial charge in [0.25, 0.3) is 16.9 Å². The molecule has 10 heteroatoms. The van der Waals surface area contributed by atoms with Crippen LogP contribution in [0.1, 0.15) is 26.3 Å². The van der Waals surface area contributed by atoms with E-state index in [-0.39, 0.29) is 24.3 Å². The van der Waals surface area contributed by atoms with Crippen molar-refractivity contribution in [3.63, 3.8) is 0 Å². The molecule has 0 fully saturated rings. The zero-order valence-corrected chi connectivity index (χ0v) is 16.0. The number of carbonyl (C=O) groups excluding carboxylic acids is 2. The van der Waals surface area contributed by atoms with Crippen molar-refractivity contribution in [2.45, 2.75) is 12.6 Å². The van der Waals surface area contributed by atoms with Crippen molar-refractivity contribution in [2.75, 3.05) is 26.3 Å². The molecule has 1 aliphatic rings. The number of imide groups is 1. The van der Waals surface area contributed by atoms with Crippen LogP contribution in [0.15, 0.2) is 48.5 Å². The number of nitrogens with one attached hydrogen (secondary N) is 1. The topological polar surface area (TPSA) is 131 Å². The van der Waals surface area contributed by atoms with Crippen LogP contribution < -0.4 is 10.1 Å². The summed E-state index contributed by atoms with van der Waals surface area (Å²) in [6.07, 6.45) is -0.768. The molecule has 30 heavy (non-hydrogen) atoms. The molecule has 0 aliphatic carbocycles. The zero-order valence-electron chi connectivity index (χ0n) is 16.0. The molecule has 0 aromatic heterocycles. The van der Waals surface area contributed by atoms with Crippen molar-refractivity contribution >= 4 is 11.8 Å². The van der Waals surface area contributed by atoms with Crippen LogP contribution >= 0.6 is 0 Å². The lowest BCUT2D eigenvalue weighted by Gasteiger charge is -2.14. The average molecular weight is 415 g/mol. The molecule has 0 spiro atoms. The molecule has 0 saturated heterocycles. The van der Waals surface area contributed by atoms with E-state index < -0.39 is 29.6 Å². The van der Waals surface area contributed by atoms with Gasteiger partial charge in [0, 0.05) is 13.1 Å². The number of benzene rings is 2. The molecule has 0 saturated carbocycles. The Morgan fingerprint density at radius 3 is 2.57 bits per heavy atom. The summed E-state index contributed by atoms with van der Waals surface area (Å²) in [4.78, 5) is 40.0. The van der Waals surface area contributed by atoms with Gasteiger partial charge in [-0.05, 0) is 23.8 Å². The molecule has 0 bridgehead atoms. The van der Waals surface area contributed by atoms with Crippen molar-refractivity contribution in [2.24, 2.45) is 0 Å². The normalized spacial score (nSPS) is 13.8. The van der Waals surface area contributed by atoms with Crippen molar-refractivity contribution in [3.05, 3.63) is 75.3 Å². The van der Waals surface area contributed by atoms with Gasteiger partial charge in [-0.15, -0.1) is 10.1 Å². The Hall–Kier alpha value is -3.50. The van der Waals surface area contributed by atoms with Gasteiger partial charge in [-0.2, -0.15) is 0 Å². The van der Waals surface area contributed by atoms with Gasteiger partial charge in [0.05, 0.1) is 17.7 Å². The minimum Gasteiger partial charge on any atom is -0.491 e. The van der Waals surface area contributed by atoms with Crippen LogP contribution in [0, 0.1) is 10.1 Å². The summed E-state index contributed by atoms with van der Waals surface area (Å²) in [6.45, 7) is 0.313. The van der Waals surface area contributed by atoms with Crippen molar-refractivity contribution in [3.8, 4) is 5.75 Å². The predicted molar refractivity (Wildman–Crippen MR) is 104 cm³/mol. The third kappa shape index (κ3) is 5.31. The predicted octanol–water partition coefficient (Wildman–Crippen LogP) is 1.02. The number of hydrogen-bond donors (Lipinski definition) is 2. The van der Waals surface area contributed by atoms with Gasteiger partial charge < -0.3 is 20.0 Å². The SMILES string of the molecule is O=C1c2ccc(OCC(O)CNCc3ccccc3)cc2C(=O)N1CCO[N+](=O)[O-]. The summed E-state index contributed by atoms with van der Waals surface area (Å²) in [5.41, 5.74) is 1.44. The molecule has 0 radical (unpaired) electrons. The van der Waals surface area contributed by atoms with Gasteiger partial charge in [0.1, 0.15) is 25.1 Å². The molecule has 2 amide bonds. The fourth-order valence-corrected chi connectivity index (χ4v) is 3.00. The van der Waals surface area contributed by atoms with E-state index in [1.54, 1.807) is 0 Å². The van der Waals surface area contributed by atoms with Gasteiger partial charge in [0.15, 0.2) is 0 Å². The summed E-state index contributed by atoms with van der Waals surface area (Å²) in [7, 11) is 0. The van der Waals surface area contributed by atoms with E-state index in [1.165, 1.54) is 18.2 Å². The molecule has 3 rings (SSSR count). The van der Waals surface area contributed by atoms with Crippen LogP contribution in [0.3, 0.4) is 0 Å². The fourth-order valence-electron chi connectivity index (χ4n) is 3.00. The van der Waals surface area contributed by atoms with Crippen molar-refractivity contribution in [1.82, 2.24) is 10.2 Å². The van der Waals surface area contributed by atoms with Crippen LogP contribution in [0.2, 0.25) is 0 Å². The average Bonchev–Trinajstić information content (AvgIpc) is 2.97. The van der Waals surface area contributed by atoms with Crippen LogP contribution in [0.25, 0.3) is 0 Å². The Labute approximate surface area is 172 Å². The molecule has 10 nitrogen and oxygen atoms in total. The van der Waals surface area contributed by atoms with E-state index in [4.69, 9.17) is 4.74 Å². The lowest BCUT2D eigenvalue weighted by Crippen LogP contribution is -2.33. The van der Waals surface area contributed by atoms with E-state index in [0.29, 0.717) is 18.8 Å². The van der Waals surface area contributed by atoms with Gasteiger partial charge in [-0.25, -0.2) is 0 Å². The van der Waals surface area contributed by atoms with Gasteiger partial charge >= 0.3 is 0 Å². The first-order chi connectivity index (χ1) is 14.5. The standard InChI is InChI=1S/C20H21N3O7/c24-15(12-21-11-14-4-2-1-3-5-14)13-29-16-6-7-17-18(10-16)20(26)22(19(17)25)8-9-30-23(27)28/h1-7,10,15,21,24H,8-9,11-13H2. The van der Waals surface area contributed by atoms with Gasteiger partial charge in [0.2, 0.25) is 0 Å². The van der Waals surface area contributed by atoms with E-state index in [1.807, 2.05) is 30.3 Å². The van der Waals surface area contributed by atoms with E-state index in [9.17, 15) is 24.8 Å². The molecule has 2 aromatic carbocycles. The summed E-state index contributed by atoms with van der Waals surface area (Å²) >= 11 is 0. The maximum absolute atomic E-state index is 12.4. The van der Waals surface area contributed by atoms with Crippen LogP contribution in [0.4, 0.5) is 0 Å². The maximum atomic E-state index is 12.4. The second-order valence-corrected chi connectivity index (χ2v) is 6.61. The third-order valence-electron chi connectivity index (χ3n) is 4.45. The minimum absolute atomic E-state index is 0.00308. The Morgan fingerprint density at radius 1 is 1.10 bits per heavy atom. The first-order valence-corrected chi connectivity index (χ1v) is 9.28. The summed E-state index contributed by atoms with van der Waals surface area (Å²) < 4.78 is 5.54. The lowest BCUT2D eigenvalue weighted by atomic mass is 10.1. The smallest absolute Gasteiger partial charge is 0.294 e. The monoisotopic (exact) mass is 415 g/mol. The Morgan fingerprint density at radius 2 is 1.83 bits per heavy atom. The maximum Gasteiger partial charge on any atom is 0.294 e. The summed E-state index contributed by atoms with van der Waals surface area (Å²) in [5.74, 6) is -0.781. The number of nitrogens with zero attached hydrogens (tertiary/aromatic N) is 2. The number of rotatable bonds is 11. The number of hydrogen-bond acceptors (Lipinski definition) is 8. The highest BCUT2D eigenvalue weighted by Crippen LogP contribution is 2.26. The van der Waals surface area contributed by atoms with Crippen LogP contribution in [-0.4, -0.2) is 59.3 Å². The van der Waals surface area contributed by atoms with Crippen LogP contribution in [-0.2, 0) is 11.4 Å². The molecule has 1 unspecified atom stereocenters. The first-order valence-electron chi connectivity index (χ1n) is 9.28. The first kappa shape index (κ1) is 21.2. The number of fused-ring (bicyclic) bond motifs is 1. The molecular formula is C20H21N3O7. The molecule has 2 aromatic rings. The Balaban J connectivity index is 1.49. The number of carbonyl (C=O) groups is 2. The number of amides is 2. The second-order valence-electron chi connectivity index (χ2n) is 6.61. The van der Waals surface area contributed by atoms with Crippen molar-refractivity contribution in [1.29, 1.82) is 0 Å². The van der Waals surface area contributed by atoms with Crippen molar-refractivity contribution < 1.29 is 29.4 Å². The van der Waals surface area contributed by atoms with E-state index in [2.05, 4.69) is 10.2 Å². The number of ether oxygens (including phenoxy) is 1. The number of aliphatic hydroxyl groups excluding tert-OH is 1. The minimum atomic E-state index is -0.982. The Kier molecular flexibility index (Phi) is 6.94. The summed E-state index contributed by atoms with van der Waals surface area (Å²) in [5, 5.41) is 22.4. The zero-order chi connectivity index (χ0) is 21.5. The second kappa shape index (κ2) is 9.81. The molecule has 2 N–H and O–H groups in total. The van der Waals surface area contributed by atoms with Gasteiger partial charge in [-0.3, -0.25) is 14.5 Å². The Bertz CT molecular complexity index is 920. The molecule has 1 aliphatic heterocycles. The fraction of sp³-hybridized carbons (Fsp3) is 0.300. The molecular weight excluding hydrogens is 394 g/mol. The van der Waals surface area contributed by atoms with E-state index >= 15 is 0 Å². The number of aliphatic hydroxyl groups is 1. The highest BCUT2D eigenvalue weighted by atomic mass is 16.9. The third-order valence-corrected chi connectivity index (χ3v) is 4.45. The quantitative estimate of drug-likeness (QED) is 0.316. The van der Waals surface area contributed by atoms with E-state index in [0.717, 1.165) is 10.5 Å². The molecule has 158 valence electrons. The molecule has 1 atom stereocenters. The summed E-state index contributed by atoms with van der Waals surface area (Å²) in [6, 6.07) is 14.2. The lowest BCUT2D eigenvalue weighted by molar-refractivity contribution is -0.757. The van der Waals surface area contributed by atoms with Gasteiger partial charge in [-0.1, -0.05) is 30.3 Å². The largest absolute Gasteiger partial charge is 0.491 e. The highest BCUT2D eigenvalue weighted by Gasteiger charge is 2.35. The van der Waals surface area contributed by atoms with Crippen LogP contribution in [0.5, 0.6) is 5.75 Å². The molecule has 1 heterocycles.